The Labute approximate surface area is 846 Å². The summed E-state index contributed by atoms with van der Waals surface area (Å²) in [6.07, 6.45) is 23.6. The molecule has 0 spiro atoms. The second-order valence-electron chi connectivity index (χ2n) is 34.0. The average molecular weight is 1980 g/mol. The van der Waals surface area contributed by atoms with Gasteiger partial charge < -0.3 is 57.5 Å². The summed E-state index contributed by atoms with van der Waals surface area (Å²) in [7, 11) is 5.65. The average Bonchev–Trinajstić information content (AvgIpc) is 1.62. The number of hydrogen-bond acceptors (Lipinski definition) is 20. The van der Waals surface area contributed by atoms with Crippen molar-refractivity contribution < 1.29 is 74.6 Å². The van der Waals surface area contributed by atoms with Gasteiger partial charge in [-0.1, -0.05) is 79.6 Å². The van der Waals surface area contributed by atoms with Crippen molar-refractivity contribution >= 4 is 45.7 Å². The normalized spacial score (nSPS) is 14.9. The summed E-state index contributed by atoms with van der Waals surface area (Å²) in [4.78, 5) is 95.2. The highest BCUT2D eigenvalue weighted by Gasteiger charge is 2.39. The molecule has 0 N–H and O–H groups in total. The first-order chi connectivity index (χ1) is 69.0. The van der Waals surface area contributed by atoms with Gasteiger partial charge in [-0.15, -0.1) is 0 Å². The zero-order valence-corrected chi connectivity index (χ0v) is 79.9. The summed E-state index contributed by atoms with van der Waals surface area (Å²) in [6.45, 7) is 25.1. The lowest BCUT2D eigenvalue weighted by atomic mass is 10.1. The van der Waals surface area contributed by atoms with Crippen LogP contribution in [0.2, 0.25) is 0 Å². The molecule has 0 unspecified atom stereocenters. The van der Waals surface area contributed by atoms with Crippen LogP contribution in [0, 0.1) is 69.7 Å². The van der Waals surface area contributed by atoms with Crippen LogP contribution in [0.3, 0.4) is 0 Å². The van der Waals surface area contributed by atoms with E-state index in [1.54, 1.807) is 146 Å². The lowest BCUT2D eigenvalue weighted by molar-refractivity contribution is -0.127. The van der Waals surface area contributed by atoms with Crippen LogP contribution < -0.4 is 37.9 Å². The maximum absolute atomic E-state index is 14.5. The lowest BCUT2D eigenvalue weighted by Gasteiger charge is -2.23. The number of imidazole rings is 4. The van der Waals surface area contributed by atoms with Gasteiger partial charge in [-0.3, -0.25) is 56.7 Å². The molecule has 0 aliphatic carbocycles. The fourth-order valence-corrected chi connectivity index (χ4v) is 18.7. The van der Waals surface area contributed by atoms with Gasteiger partial charge in [0.25, 0.3) is 5.91 Å². The van der Waals surface area contributed by atoms with Crippen LogP contribution in [0.15, 0.2) is 251 Å². The summed E-state index contributed by atoms with van der Waals surface area (Å²) in [5.74, 6) is 8.65. The van der Waals surface area contributed by atoms with Gasteiger partial charge in [-0.25, -0.2) is 19.9 Å². The molecule has 8 aromatic carbocycles. The van der Waals surface area contributed by atoms with Gasteiger partial charge in [0.15, 0.2) is 46.0 Å². The predicted molar refractivity (Wildman–Crippen MR) is 555 cm³/mol. The largest absolute Gasteiger partial charge is 0.494 e. The Morgan fingerprint density at radius 3 is 1.01 bits per heavy atom. The number of amides is 4. The number of fused-ring (bicyclic) bond motifs is 4. The van der Waals surface area contributed by atoms with E-state index in [1.807, 2.05) is 115 Å². The number of hydrogen-bond donors (Lipinski definition) is 0. The van der Waals surface area contributed by atoms with Gasteiger partial charge in [0.2, 0.25) is 41.0 Å². The standard InChI is InChI=1S/C28H27FN4O3.C28H25FN4O3.2C27H25FN4O3.4CH4/c1-5-24(34)32-15-7-8-21(32)28-31-26(27-18(3)30-16-17(2)33(27)28)19-11-13-20(14-12-19)36-23-10-6-9-22(35-4)25(23)29;1-4-7-25(34)32-15-6-8-21(32)28-31-27(22-17-30-16-18(2)33(22)28)19-11-13-20(14-12-19)36-24-10-5-9-23(35-3)26(24)29;1-4-23(33)31-15-6-7-20(31)27-30-25(26-17(2)29-14-16-32(26)27)18-10-12-19(13-11-18)35-22-9-5-8-21(34-3)24(22)28;1-4-24(33)31-14-6-7-20(31)27-30-26(21-16-29-15-17(2)32(21)27)18-10-12-19(13-11-18)35-23-9-5-8-22(34-3)25(23)28;;;;/h5-6,9-14,16,21H,1,7-8,15H2,2-4H3;5,9-14,16-17,21H,6,8,15H2,1-3H3;4-5,8-14,16,20H,1,6-7,15H2,2-3H3;4-5,8-13,15-16,20H,1,6-7,14H2,2-3H3;4*1H4/t2*21-;2*20-;;;;/m0000..../s1. The zero-order chi connectivity index (χ0) is 99.7. The van der Waals surface area contributed by atoms with Gasteiger partial charge in [0, 0.05) is 96.5 Å². The smallest absolute Gasteiger partial charge is 0.299 e. The molecule has 4 aliphatic heterocycles. The van der Waals surface area contributed by atoms with Crippen LogP contribution in [-0.4, -0.2) is 155 Å². The van der Waals surface area contributed by atoms with Gasteiger partial charge in [-0.2, -0.15) is 17.6 Å². The number of nitrogens with zero attached hydrogens (tertiary/aromatic N) is 16. The Bertz CT molecular complexity index is 7570. The van der Waals surface area contributed by atoms with E-state index in [-0.39, 0.29) is 123 Å². The van der Waals surface area contributed by atoms with Crippen molar-refractivity contribution in [3.8, 4) is 126 Å². The molecule has 754 valence electrons. The molecule has 8 aromatic heterocycles. The summed E-state index contributed by atoms with van der Waals surface area (Å²) >= 11 is 0. The van der Waals surface area contributed by atoms with Crippen LogP contribution >= 0.6 is 0 Å². The number of rotatable bonds is 23. The molecule has 20 rings (SSSR count). The molecule has 28 nitrogen and oxygen atoms in total. The summed E-state index contributed by atoms with van der Waals surface area (Å²) in [5.41, 5.74) is 14.4. The molecule has 4 amide bonds. The molecule has 16 aromatic rings. The van der Waals surface area contributed by atoms with Crippen molar-refractivity contribution in [3.63, 3.8) is 0 Å². The predicted octanol–water partition coefficient (Wildman–Crippen LogP) is 24.7. The zero-order valence-electron chi connectivity index (χ0n) is 79.9. The topological polar surface area (TPSA) is 276 Å². The molecule has 32 heteroatoms. The molecular weight excluding hydrogens is 1860 g/mol. The van der Waals surface area contributed by atoms with E-state index in [9.17, 15) is 36.7 Å². The van der Waals surface area contributed by atoms with E-state index >= 15 is 0 Å². The number of aryl methyl sites for hydroxylation is 5. The number of likely N-dealkylation sites (tertiary alicyclic amines) is 4. The molecule has 0 radical (unpaired) electrons. The Balaban J connectivity index is 0.000000161. The van der Waals surface area contributed by atoms with Crippen molar-refractivity contribution in [2.75, 3.05) is 54.6 Å². The maximum Gasteiger partial charge on any atom is 0.299 e. The third-order valence-corrected chi connectivity index (χ3v) is 25.4. The fourth-order valence-electron chi connectivity index (χ4n) is 18.7. The van der Waals surface area contributed by atoms with Crippen molar-refractivity contribution in [2.24, 2.45) is 0 Å². The van der Waals surface area contributed by atoms with Crippen LogP contribution in [0.4, 0.5) is 17.6 Å². The second-order valence-corrected chi connectivity index (χ2v) is 34.0. The van der Waals surface area contributed by atoms with E-state index in [1.165, 1.54) is 64.9 Å². The molecule has 0 saturated carbocycles. The number of carbonyl (C=O) groups is 4. The van der Waals surface area contributed by atoms with Gasteiger partial charge >= 0.3 is 0 Å². The molecule has 4 saturated heterocycles. The summed E-state index contributed by atoms with van der Waals surface area (Å²) < 4.78 is 109. The number of ether oxygens (including phenoxy) is 8. The van der Waals surface area contributed by atoms with Crippen molar-refractivity contribution in [3.05, 3.63) is 326 Å². The lowest BCUT2D eigenvalue weighted by Crippen LogP contribution is -2.30. The molecule has 4 fully saturated rings. The monoisotopic (exact) mass is 1980 g/mol. The summed E-state index contributed by atoms with van der Waals surface area (Å²) in [6, 6.07) is 47.7. The third kappa shape index (κ3) is 21.4. The highest BCUT2D eigenvalue weighted by molar-refractivity contribution is 5.94. The van der Waals surface area contributed by atoms with E-state index in [2.05, 4.69) is 64.7 Å². The number of halogens is 4. The van der Waals surface area contributed by atoms with Crippen LogP contribution in [0.25, 0.3) is 67.1 Å². The fraction of sp³-hybridized carbons (Fsp3) is 0.263. The molecule has 4 aliphatic rings. The number of benzene rings is 8. The Morgan fingerprint density at radius 1 is 0.363 bits per heavy atom. The number of carbonyl (C=O) groups excluding carboxylic acids is 4. The highest BCUT2D eigenvalue weighted by Crippen LogP contribution is 2.45. The molecule has 146 heavy (non-hydrogen) atoms. The van der Waals surface area contributed by atoms with E-state index in [4.69, 9.17) is 57.8 Å². The second kappa shape index (κ2) is 46.8. The Hall–Kier alpha value is -17.0. The first-order valence-electron chi connectivity index (χ1n) is 46.3. The minimum absolute atomic E-state index is 0. The first-order valence-corrected chi connectivity index (χ1v) is 46.3. The molecule has 4 atom stereocenters. The number of methoxy groups -OCH3 is 4. The van der Waals surface area contributed by atoms with Crippen molar-refractivity contribution in [1.82, 2.24) is 77.1 Å². The maximum atomic E-state index is 14.5. The molecule has 12 heterocycles. The SMILES string of the molecule is C.C.C.C.C=CC(=O)N1CCC[C@H]1c1nc(-c2ccc(Oc3cccc(OC)c3F)cc2)c2c(C)ncc(C)n12.C=CC(=O)N1CCC[C@H]1c1nc(-c2ccc(Oc3cccc(OC)c3F)cc2)c2c(C)nccn12.C=CC(=O)N1CCC[C@H]1c1nc(-c2ccc(Oc3cccc(OC)c3F)cc2)c2cncc(C)n12.CC#CC(=O)N1CCC[C@H]1c1nc(-c2ccc(Oc3cccc(OC)c3F)cc2)c2cncc(C)n12. The van der Waals surface area contributed by atoms with Crippen LogP contribution in [0.5, 0.6) is 69.0 Å². The molecule has 0 bridgehead atoms. The van der Waals surface area contributed by atoms with Crippen molar-refractivity contribution in [1.29, 1.82) is 0 Å². The van der Waals surface area contributed by atoms with Crippen LogP contribution in [0.1, 0.15) is 164 Å². The van der Waals surface area contributed by atoms with Crippen LogP contribution in [-0.2, 0) is 19.2 Å². The minimum atomic E-state index is -0.557. The van der Waals surface area contributed by atoms with E-state index in [0.29, 0.717) is 49.2 Å². The van der Waals surface area contributed by atoms with Gasteiger partial charge in [-0.05, 0) is 263 Å². The van der Waals surface area contributed by atoms with Gasteiger partial charge in [0.05, 0.1) is 121 Å². The number of aromatic nitrogens is 12. The van der Waals surface area contributed by atoms with E-state index < -0.39 is 23.3 Å². The first kappa shape index (κ1) is 106. The Kier molecular flexibility index (Phi) is 34.1. The quantitative estimate of drug-likeness (QED) is 0.0327. The Morgan fingerprint density at radius 2 is 0.658 bits per heavy atom. The van der Waals surface area contributed by atoms with E-state index in [0.717, 1.165) is 170 Å². The minimum Gasteiger partial charge on any atom is -0.494 e. The highest BCUT2D eigenvalue weighted by atomic mass is 19.1. The molecular formula is C114H118F4N16O12. The van der Waals surface area contributed by atoms with Crippen molar-refractivity contribution in [2.45, 2.75) is 147 Å². The third-order valence-electron chi connectivity index (χ3n) is 25.4. The summed E-state index contributed by atoms with van der Waals surface area (Å²) in [5, 5.41) is 0. The van der Waals surface area contributed by atoms with Gasteiger partial charge in [0.1, 0.15) is 46.3 Å².